The molecule has 0 saturated heterocycles. The van der Waals surface area contributed by atoms with E-state index in [9.17, 15) is 14.7 Å². The summed E-state index contributed by atoms with van der Waals surface area (Å²) in [7, 11) is 0. The van der Waals surface area contributed by atoms with Gasteiger partial charge in [-0.05, 0) is 86.7 Å². The molecule has 0 aliphatic carbocycles. The normalized spacial score (nSPS) is 11.2. The van der Waals surface area contributed by atoms with Crippen LogP contribution >= 0.6 is 61.1 Å². The minimum atomic E-state index is -1.19. The number of amides is 1. The van der Waals surface area contributed by atoms with E-state index >= 15 is 0 Å². The third-order valence-corrected chi connectivity index (χ3v) is 5.24. The first kappa shape index (κ1) is 21.2. The van der Waals surface area contributed by atoms with E-state index in [0.29, 0.717) is 12.2 Å². The molecule has 26 heavy (non-hydrogen) atoms. The summed E-state index contributed by atoms with van der Waals surface area (Å²) >= 11 is 7.73. The summed E-state index contributed by atoms with van der Waals surface area (Å²) in [4.78, 5) is 22.4. The van der Waals surface area contributed by atoms with E-state index in [0.717, 1.165) is 22.9 Å². The number of rotatable bonds is 6. The van der Waals surface area contributed by atoms with Crippen LogP contribution in [0.2, 0.25) is 0 Å². The lowest BCUT2D eigenvalue weighted by Gasteiger charge is -2.12. The molecule has 0 aromatic heterocycles. The van der Waals surface area contributed by atoms with E-state index < -0.39 is 11.9 Å². The SMILES string of the molecule is CC(=O)N/C(=C/c1cc(I)c(OCc2cccc(Br)c2)c(I)c1)C(=O)O. The van der Waals surface area contributed by atoms with Crippen molar-refractivity contribution in [2.75, 3.05) is 0 Å². The number of carbonyl (C=O) groups excluding carboxylic acids is 1. The van der Waals surface area contributed by atoms with Crippen molar-refractivity contribution in [2.24, 2.45) is 0 Å². The summed E-state index contributed by atoms with van der Waals surface area (Å²) in [6.07, 6.45) is 1.42. The summed E-state index contributed by atoms with van der Waals surface area (Å²) in [5, 5.41) is 11.5. The van der Waals surface area contributed by atoms with Crippen LogP contribution in [0.4, 0.5) is 0 Å². The quantitative estimate of drug-likeness (QED) is 0.351. The highest BCUT2D eigenvalue weighted by atomic mass is 127. The monoisotopic (exact) mass is 641 g/mol. The Labute approximate surface area is 186 Å². The third kappa shape index (κ3) is 6.23. The van der Waals surface area contributed by atoms with Gasteiger partial charge in [0.05, 0.1) is 7.14 Å². The molecule has 0 spiro atoms. The molecule has 136 valence electrons. The van der Waals surface area contributed by atoms with Gasteiger partial charge in [-0.25, -0.2) is 4.79 Å². The Morgan fingerprint density at radius 1 is 1.23 bits per heavy atom. The minimum Gasteiger partial charge on any atom is -0.487 e. The van der Waals surface area contributed by atoms with Crippen LogP contribution in [0.1, 0.15) is 18.1 Å². The van der Waals surface area contributed by atoms with Crippen molar-refractivity contribution in [2.45, 2.75) is 13.5 Å². The second-order valence-electron chi connectivity index (χ2n) is 5.28. The molecule has 8 heteroatoms. The van der Waals surface area contributed by atoms with Crippen LogP contribution in [-0.4, -0.2) is 17.0 Å². The molecule has 0 aliphatic heterocycles. The highest BCUT2D eigenvalue weighted by Crippen LogP contribution is 2.30. The molecule has 0 bridgehead atoms. The fourth-order valence-electron chi connectivity index (χ4n) is 2.09. The van der Waals surface area contributed by atoms with E-state index in [2.05, 4.69) is 66.4 Å². The molecule has 2 N–H and O–H groups in total. The van der Waals surface area contributed by atoms with E-state index in [4.69, 9.17) is 4.74 Å². The number of carbonyl (C=O) groups is 2. The van der Waals surface area contributed by atoms with Gasteiger partial charge in [0, 0.05) is 11.4 Å². The molecular formula is C18H14BrI2NO4. The van der Waals surface area contributed by atoms with Crippen LogP contribution in [-0.2, 0) is 16.2 Å². The molecule has 2 aromatic rings. The van der Waals surface area contributed by atoms with E-state index in [1.165, 1.54) is 13.0 Å². The number of nitrogens with one attached hydrogen (secondary N) is 1. The van der Waals surface area contributed by atoms with Gasteiger partial charge in [-0.2, -0.15) is 0 Å². The van der Waals surface area contributed by atoms with Crippen molar-refractivity contribution in [3.8, 4) is 5.75 Å². The molecule has 1 amide bonds. The lowest BCUT2D eigenvalue weighted by molar-refractivity contribution is -0.134. The van der Waals surface area contributed by atoms with Gasteiger partial charge in [0.25, 0.3) is 0 Å². The van der Waals surface area contributed by atoms with E-state index in [-0.39, 0.29) is 5.70 Å². The van der Waals surface area contributed by atoms with Crippen LogP contribution in [0.25, 0.3) is 6.08 Å². The molecule has 0 radical (unpaired) electrons. The predicted molar refractivity (Wildman–Crippen MR) is 120 cm³/mol. The van der Waals surface area contributed by atoms with Crippen LogP contribution in [0.3, 0.4) is 0 Å². The first-order valence-corrected chi connectivity index (χ1v) is 10.3. The molecule has 0 heterocycles. The summed E-state index contributed by atoms with van der Waals surface area (Å²) in [6.45, 7) is 1.69. The molecule has 0 atom stereocenters. The maximum Gasteiger partial charge on any atom is 0.352 e. The zero-order valence-corrected chi connectivity index (χ0v) is 19.5. The Hall–Kier alpha value is -1.14. The molecular weight excluding hydrogens is 628 g/mol. The van der Waals surface area contributed by atoms with Crippen molar-refractivity contribution in [3.05, 3.63) is 64.8 Å². The molecule has 2 aromatic carbocycles. The van der Waals surface area contributed by atoms with Gasteiger partial charge in [-0.3, -0.25) is 4.79 Å². The Morgan fingerprint density at radius 3 is 2.42 bits per heavy atom. The first-order valence-electron chi connectivity index (χ1n) is 7.35. The van der Waals surface area contributed by atoms with Crippen molar-refractivity contribution in [1.29, 1.82) is 0 Å². The lowest BCUT2D eigenvalue weighted by Crippen LogP contribution is -2.24. The van der Waals surface area contributed by atoms with Gasteiger partial charge in [-0.1, -0.05) is 28.1 Å². The number of halogens is 3. The maximum atomic E-state index is 11.2. The number of hydrogen-bond donors (Lipinski definition) is 2. The topological polar surface area (TPSA) is 75.6 Å². The summed E-state index contributed by atoms with van der Waals surface area (Å²) in [5.41, 5.74) is 1.53. The maximum absolute atomic E-state index is 11.2. The number of carboxylic acid groups (broad SMARTS) is 1. The summed E-state index contributed by atoms with van der Waals surface area (Å²) in [5.74, 6) is -0.892. The Bertz CT molecular complexity index is 860. The minimum absolute atomic E-state index is 0.174. The molecule has 2 rings (SSSR count). The van der Waals surface area contributed by atoms with Gasteiger partial charge in [0.2, 0.25) is 5.91 Å². The number of benzene rings is 2. The molecule has 0 fully saturated rings. The van der Waals surface area contributed by atoms with Gasteiger partial charge in [0.1, 0.15) is 18.1 Å². The number of hydrogen-bond acceptors (Lipinski definition) is 3. The zero-order valence-electron chi connectivity index (χ0n) is 13.6. The van der Waals surface area contributed by atoms with Crippen molar-refractivity contribution in [3.63, 3.8) is 0 Å². The molecule has 0 aliphatic rings. The van der Waals surface area contributed by atoms with Crippen molar-refractivity contribution in [1.82, 2.24) is 5.32 Å². The predicted octanol–water partition coefficient (Wildman–Crippen LogP) is 4.80. The van der Waals surface area contributed by atoms with Crippen molar-refractivity contribution < 1.29 is 19.4 Å². The summed E-state index contributed by atoms with van der Waals surface area (Å²) in [6, 6.07) is 11.5. The summed E-state index contributed by atoms with van der Waals surface area (Å²) < 4.78 is 8.63. The molecule has 0 saturated carbocycles. The number of aliphatic carboxylic acids is 1. The third-order valence-electron chi connectivity index (χ3n) is 3.14. The first-order chi connectivity index (χ1) is 12.3. The average Bonchev–Trinajstić information content (AvgIpc) is 2.53. The highest BCUT2D eigenvalue weighted by Gasteiger charge is 2.12. The van der Waals surface area contributed by atoms with Crippen LogP contribution < -0.4 is 10.1 Å². The highest BCUT2D eigenvalue weighted by molar-refractivity contribution is 14.1. The number of ether oxygens (including phenoxy) is 1. The van der Waals surface area contributed by atoms with Crippen LogP contribution in [0, 0.1) is 7.14 Å². The van der Waals surface area contributed by atoms with Gasteiger partial charge < -0.3 is 15.2 Å². The smallest absolute Gasteiger partial charge is 0.352 e. The second-order valence-corrected chi connectivity index (χ2v) is 8.52. The van der Waals surface area contributed by atoms with Gasteiger partial charge in [0.15, 0.2) is 0 Å². The second kappa shape index (κ2) is 9.70. The van der Waals surface area contributed by atoms with Crippen LogP contribution in [0.5, 0.6) is 5.75 Å². The Kier molecular flexibility index (Phi) is 7.89. The largest absolute Gasteiger partial charge is 0.487 e. The van der Waals surface area contributed by atoms with Crippen molar-refractivity contribution >= 4 is 79.1 Å². The standard InChI is InChI=1S/C18H14BrI2NO4/c1-10(23)22-16(18(24)25)8-12-6-14(20)17(15(21)7-12)26-9-11-3-2-4-13(19)5-11/h2-8H,9H2,1H3,(H,22,23)(H,24,25)/b16-8+. The lowest BCUT2D eigenvalue weighted by atomic mass is 10.2. The fraction of sp³-hybridized carbons (Fsp3) is 0.111. The van der Waals surface area contributed by atoms with E-state index in [1.54, 1.807) is 0 Å². The fourth-order valence-corrected chi connectivity index (χ4v) is 4.66. The Balaban J connectivity index is 2.24. The van der Waals surface area contributed by atoms with Gasteiger partial charge in [-0.15, -0.1) is 0 Å². The van der Waals surface area contributed by atoms with Gasteiger partial charge >= 0.3 is 5.97 Å². The Morgan fingerprint density at radius 2 is 1.88 bits per heavy atom. The molecule has 0 unspecified atom stereocenters. The average molecular weight is 642 g/mol. The van der Waals surface area contributed by atoms with Crippen LogP contribution in [0.15, 0.2) is 46.6 Å². The van der Waals surface area contributed by atoms with E-state index in [1.807, 2.05) is 36.4 Å². The zero-order chi connectivity index (χ0) is 19.3. The number of carboxylic acids is 1. The molecule has 5 nitrogen and oxygen atoms in total.